The summed E-state index contributed by atoms with van der Waals surface area (Å²) < 4.78 is 13.5. The number of nitrogens with zero attached hydrogens (tertiary/aromatic N) is 1. The Kier molecular flexibility index (Phi) is 7.93. The second-order valence-corrected chi connectivity index (χ2v) is 9.86. The fraction of sp³-hybridized carbons (Fsp3) is 0.519. The number of nitrogens with one attached hydrogen (secondary N) is 2. The number of amides is 2. The van der Waals surface area contributed by atoms with E-state index in [0.29, 0.717) is 6.54 Å². The van der Waals surface area contributed by atoms with E-state index < -0.39 is 5.41 Å². The predicted octanol–water partition coefficient (Wildman–Crippen LogP) is 4.31. The lowest BCUT2D eigenvalue weighted by molar-refractivity contribution is -0.128. The number of benzene rings is 1. The average Bonchev–Trinajstić information content (AvgIpc) is 2.88. The molecule has 2 aliphatic carbocycles. The molecule has 1 unspecified atom stereocenters. The van der Waals surface area contributed by atoms with Gasteiger partial charge in [-0.1, -0.05) is 31.4 Å². The Morgan fingerprint density at radius 1 is 1.00 bits per heavy atom. The number of halogens is 1. The highest BCUT2D eigenvalue weighted by Gasteiger charge is 2.41. The highest BCUT2D eigenvalue weighted by atomic mass is 19.1. The van der Waals surface area contributed by atoms with E-state index in [2.05, 4.69) is 15.6 Å². The van der Waals surface area contributed by atoms with Gasteiger partial charge in [-0.25, -0.2) is 4.39 Å². The van der Waals surface area contributed by atoms with Crippen LogP contribution < -0.4 is 16.4 Å². The van der Waals surface area contributed by atoms with Crippen LogP contribution in [0.2, 0.25) is 0 Å². The van der Waals surface area contributed by atoms with E-state index in [1.54, 1.807) is 36.7 Å². The normalized spacial score (nSPS) is 23.0. The maximum atomic E-state index is 13.5. The number of carbonyl (C=O) groups excluding carboxylic acids is 2. The zero-order valence-electron chi connectivity index (χ0n) is 19.6. The Labute approximate surface area is 200 Å². The first-order chi connectivity index (χ1) is 16.5. The van der Waals surface area contributed by atoms with E-state index in [1.807, 2.05) is 0 Å². The predicted molar refractivity (Wildman–Crippen MR) is 130 cm³/mol. The van der Waals surface area contributed by atoms with Gasteiger partial charge in [0.1, 0.15) is 5.82 Å². The van der Waals surface area contributed by atoms with Crippen molar-refractivity contribution in [3.8, 4) is 0 Å². The summed E-state index contributed by atoms with van der Waals surface area (Å²) >= 11 is 0. The van der Waals surface area contributed by atoms with Crippen LogP contribution in [0.4, 0.5) is 10.1 Å². The molecule has 0 radical (unpaired) electrons. The molecular formula is C27H35FN4O2. The molecular weight excluding hydrogens is 431 g/mol. The molecule has 2 amide bonds. The Hall–Kier alpha value is -2.80. The molecule has 0 saturated heterocycles. The van der Waals surface area contributed by atoms with Crippen molar-refractivity contribution in [3.63, 3.8) is 0 Å². The molecule has 1 aromatic heterocycles. The lowest BCUT2D eigenvalue weighted by Crippen LogP contribution is -2.50. The molecule has 0 aliphatic heterocycles. The van der Waals surface area contributed by atoms with Crippen molar-refractivity contribution in [2.75, 3.05) is 11.9 Å². The molecule has 2 fully saturated rings. The van der Waals surface area contributed by atoms with Crippen LogP contribution in [0.3, 0.4) is 0 Å². The Morgan fingerprint density at radius 3 is 2.29 bits per heavy atom. The summed E-state index contributed by atoms with van der Waals surface area (Å²) in [6.45, 7) is 0.417. The third-order valence-corrected chi connectivity index (χ3v) is 7.73. The molecule has 2 aromatic rings. The molecule has 4 rings (SSSR count). The molecule has 1 atom stereocenters. The largest absolute Gasteiger partial charge is 0.354 e. The minimum atomic E-state index is -0.603. The first-order valence-electron chi connectivity index (χ1n) is 12.5. The van der Waals surface area contributed by atoms with Gasteiger partial charge in [-0.3, -0.25) is 14.6 Å². The van der Waals surface area contributed by atoms with Crippen LogP contribution in [0, 0.1) is 17.7 Å². The maximum Gasteiger partial charge on any atom is 0.230 e. The van der Waals surface area contributed by atoms with Crippen LogP contribution >= 0.6 is 0 Å². The van der Waals surface area contributed by atoms with Crippen LogP contribution in [0.5, 0.6) is 0 Å². The fourth-order valence-corrected chi connectivity index (χ4v) is 5.61. The minimum Gasteiger partial charge on any atom is -0.354 e. The molecule has 0 spiro atoms. The van der Waals surface area contributed by atoms with Crippen LogP contribution in [0.25, 0.3) is 0 Å². The SMILES string of the molecule is NC(CNC(=O)C1(c2ccc(F)cc2)CCCCC1)C1CCC(C(=O)Nc2ccncc2)CC1. The molecule has 7 heteroatoms. The first kappa shape index (κ1) is 24.3. The summed E-state index contributed by atoms with van der Waals surface area (Å²) in [4.78, 5) is 29.9. The zero-order chi connectivity index (χ0) is 24.0. The maximum absolute atomic E-state index is 13.5. The van der Waals surface area contributed by atoms with Gasteiger partial charge in [-0.15, -0.1) is 0 Å². The number of hydrogen-bond acceptors (Lipinski definition) is 4. The quantitative estimate of drug-likeness (QED) is 0.566. The van der Waals surface area contributed by atoms with Crippen molar-refractivity contribution in [2.45, 2.75) is 69.2 Å². The first-order valence-corrected chi connectivity index (χ1v) is 12.5. The fourth-order valence-electron chi connectivity index (χ4n) is 5.61. The monoisotopic (exact) mass is 466 g/mol. The lowest BCUT2D eigenvalue weighted by atomic mass is 9.68. The van der Waals surface area contributed by atoms with Gasteiger partial charge >= 0.3 is 0 Å². The van der Waals surface area contributed by atoms with Gasteiger partial charge < -0.3 is 16.4 Å². The number of carbonyl (C=O) groups is 2. The smallest absolute Gasteiger partial charge is 0.230 e. The van der Waals surface area contributed by atoms with Crippen molar-refractivity contribution < 1.29 is 14.0 Å². The third-order valence-electron chi connectivity index (χ3n) is 7.73. The summed E-state index contributed by atoms with van der Waals surface area (Å²) in [5, 5.41) is 6.09. The average molecular weight is 467 g/mol. The van der Waals surface area contributed by atoms with E-state index in [1.165, 1.54) is 12.1 Å². The van der Waals surface area contributed by atoms with Crippen molar-refractivity contribution in [2.24, 2.45) is 17.6 Å². The molecule has 2 aliphatic rings. The Bertz CT molecular complexity index is 952. The number of anilines is 1. The molecule has 1 aromatic carbocycles. The molecule has 0 bridgehead atoms. The molecule has 1 heterocycles. The van der Waals surface area contributed by atoms with E-state index in [4.69, 9.17) is 5.73 Å². The van der Waals surface area contributed by atoms with Crippen molar-refractivity contribution in [1.82, 2.24) is 10.3 Å². The Balaban J connectivity index is 1.29. The molecule has 4 N–H and O–H groups in total. The van der Waals surface area contributed by atoms with Crippen molar-refractivity contribution >= 4 is 17.5 Å². The van der Waals surface area contributed by atoms with Crippen molar-refractivity contribution in [3.05, 3.63) is 60.2 Å². The number of aromatic nitrogens is 1. The van der Waals surface area contributed by atoms with Crippen LogP contribution in [-0.4, -0.2) is 29.4 Å². The summed E-state index contributed by atoms with van der Waals surface area (Å²) in [6.07, 6.45) is 11.3. The lowest BCUT2D eigenvalue weighted by Gasteiger charge is -2.37. The van der Waals surface area contributed by atoms with Gasteiger partial charge in [-0.05, 0) is 74.3 Å². The van der Waals surface area contributed by atoms with Gasteiger partial charge in [0.05, 0.1) is 5.41 Å². The molecule has 34 heavy (non-hydrogen) atoms. The number of rotatable bonds is 7. The standard InChI is InChI=1S/C27H35FN4O2/c28-22-10-8-21(9-11-22)27(14-2-1-3-15-27)26(34)31-18-24(29)19-4-6-20(7-5-19)25(33)32-23-12-16-30-17-13-23/h8-13,16-17,19-20,24H,1-7,14-15,18,29H2,(H,31,34)(H,30,32,33). The topological polar surface area (TPSA) is 97.1 Å². The number of hydrogen-bond donors (Lipinski definition) is 3. The van der Waals surface area contributed by atoms with Gasteiger partial charge in [-0.2, -0.15) is 0 Å². The van der Waals surface area contributed by atoms with E-state index in [-0.39, 0.29) is 35.5 Å². The number of nitrogens with two attached hydrogens (primary N) is 1. The summed E-state index contributed by atoms with van der Waals surface area (Å²) in [6, 6.07) is 9.79. The molecule has 2 saturated carbocycles. The van der Waals surface area contributed by atoms with E-state index in [9.17, 15) is 14.0 Å². The number of pyridine rings is 1. The van der Waals surface area contributed by atoms with E-state index in [0.717, 1.165) is 69.0 Å². The van der Waals surface area contributed by atoms with Crippen molar-refractivity contribution in [1.29, 1.82) is 0 Å². The van der Waals surface area contributed by atoms with Crippen LogP contribution in [-0.2, 0) is 15.0 Å². The van der Waals surface area contributed by atoms with Gasteiger partial charge in [0.2, 0.25) is 11.8 Å². The summed E-state index contributed by atoms with van der Waals surface area (Å²) in [7, 11) is 0. The third kappa shape index (κ3) is 5.63. The van der Waals surface area contributed by atoms with Gasteiger partial charge in [0.25, 0.3) is 0 Å². The summed E-state index contributed by atoms with van der Waals surface area (Å²) in [5.74, 6) is 0.0144. The highest BCUT2D eigenvalue weighted by Crippen LogP contribution is 2.40. The van der Waals surface area contributed by atoms with Gasteiger partial charge in [0, 0.05) is 36.6 Å². The minimum absolute atomic E-state index is 0.000303. The second-order valence-electron chi connectivity index (χ2n) is 9.86. The van der Waals surface area contributed by atoms with Crippen LogP contribution in [0.1, 0.15) is 63.4 Å². The van der Waals surface area contributed by atoms with Crippen LogP contribution in [0.15, 0.2) is 48.8 Å². The van der Waals surface area contributed by atoms with E-state index >= 15 is 0 Å². The Morgan fingerprint density at radius 2 is 1.65 bits per heavy atom. The summed E-state index contributed by atoms with van der Waals surface area (Å²) in [5.41, 5.74) is 7.55. The molecule has 182 valence electrons. The van der Waals surface area contributed by atoms with Gasteiger partial charge in [0.15, 0.2) is 0 Å². The highest BCUT2D eigenvalue weighted by molar-refractivity contribution is 5.92. The molecule has 6 nitrogen and oxygen atoms in total. The second kappa shape index (κ2) is 11.1. The zero-order valence-corrected chi connectivity index (χ0v) is 19.6.